The fourth-order valence-electron chi connectivity index (χ4n) is 2.06. The van der Waals surface area contributed by atoms with Crippen molar-refractivity contribution in [2.75, 3.05) is 7.11 Å². The summed E-state index contributed by atoms with van der Waals surface area (Å²) in [7, 11) is 1.17. The second-order valence-corrected chi connectivity index (χ2v) is 4.64. The molecule has 108 valence electrons. The number of fused-ring (bicyclic) bond motifs is 1. The Labute approximate surface area is 115 Å². The van der Waals surface area contributed by atoms with Crippen molar-refractivity contribution in [3.8, 4) is 11.6 Å². The Balaban J connectivity index is 2.85. The maximum atomic E-state index is 11.6. The number of nitrogens with zero attached hydrogens (tertiary/aromatic N) is 3. The molecule has 0 saturated carbocycles. The molecule has 0 amide bonds. The van der Waals surface area contributed by atoms with E-state index in [9.17, 15) is 15.0 Å². The van der Waals surface area contributed by atoms with Crippen LogP contribution in [0.4, 0.5) is 0 Å². The Morgan fingerprint density at radius 1 is 1.45 bits per heavy atom. The Hall–Kier alpha value is -2.31. The molecular weight excluding hydrogens is 262 g/mol. The smallest absolute Gasteiger partial charge is 0.347 e. The Kier molecular flexibility index (Phi) is 3.52. The molecule has 1 atom stereocenters. The zero-order chi connectivity index (χ0) is 15.0. The summed E-state index contributed by atoms with van der Waals surface area (Å²) in [5.41, 5.74) is 0.926. The van der Waals surface area contributed by atoms with Crippen LogP contribution in [0.25, 0.3) is 11.0 Å². The van der Waals surface area contributed by atoms with Gasteiger partial charge in [0.05, 0.1) is 12.8 Å². The minimum absolute atomic E-state index is 0.0222. The number of methoxy groups -OCH3 is 1. The molecule has 7 heteroatoms. The molecule has 2 aromatic rings. The summed E-state index contributed by atoms with van der Waals surface area (Å²) < 4.78 is 6.16. The van der Waals surface area contributed by atoms with Crippen molar-refractivity contribution >= 4 is 17.0 Å². The monoisotopic (exact) mass is 279 g/mol. The third kappa shape index (κ3) is 1.95. The molecule has 2 rings (SSSR count). The summed E-state index contributed by atoms with van der Waals surface area (Å²) in [5.74, 6) is -1.77. The molecule has 0 aliphatic carbocycles. The highest BCUT2D eigenvalue weighted by Crippen LogP contribution is 2.36. The summed E-state index contributed by atoms with van der Waals surface area (Å²) in [5, 5.41) is 24.4. The van der Waals surface area contributed by atoms with Gasteiger partial charge in [-0.2, -0.15) is 5.10 Å². The zero-order valence-corrected chi connectivity index (χ0v) is 11.8. The van der Waals surface area contributed by atoms with E-state index in [-0.39, 0.29) is 17.4 Å². The molecule has 2 aromatic heterocycles. The number of aryl methyl sites for hydroxylation is 1. The van der Waals surface area contributed by atoms with E-state index < -0.39 is 11.8 Å². The normalized spacial score (nSPS) is 12.6. The van der Waals surface area contributed by atoms with Crippen molar-refractivity contribution in [3.63, 3.8) is 0 Å². The Bertz CT molecular complexity index is 678. The SMILES string of the molecule is CCC(C)n1nc(C)c2nc(O)c(C(=O)OC)c(O)c21. The lowest BCUT2D eigenvalue weighted by molar-refractivity contribution is 0.0593. The first-order chi connectivity index (χ1) is 9.42. The van der Waals surface area contributed by atoms with E-state index in [1.54, 1.807) is 11.6 Å². The van der Waals surface area contributed by atoms with E-state index in [1.165, 1.54) is 7.11 Å². The first kappa shape index (κ1) is 14.1. The van der Waals surface area contributed by atoms with Gasteiger partial charge in [-0.15, -0.1) is 0 Å². The number of carbonyl (C=O) groups is 1. The third-order valence-corrected chi connectivity index (χ3v) is 3.35. The van der Waals surface area contributed by atoms with Crippen molar-refractivity contribution < 1.29 is 19.7 Å². The van der Waals surface area contributed by atoms with Crippen molar-refractivity contribution in [3.05, 3.63) is 11.3 Å². The summed E-state index contributed by atoms with van der Waals surface area (Å²) in [6, 6.07) is 0.0222. The van der Waals surface area contributed by atoms with Crippen LogP contribution in [0.5, 0.6) is 11.6 Å². The maximum absolute atomic E-state index is 11.6. The van der Waals surface area contributed by atoms with E-state index >= 15 is 0 Å². The molecule has 0 saturated heterocycles. The summed E-state index contributed by atoms with van der Waals surface area (Å²) in [6.07, 6.45) is 0.796. The molecule has 7 nitrogen and oxygen atoms in total. The first-order valence-electron chi connectivity index (χ1n) is 6.31. The maximum Gasteiger partial charge on any atom is 0.347 e. The fourth-order valence-corrected chi connectivity index (χ4v) is 2.06. The molecule has 2 N–H and O–H groups in total. The van der Waals surface area contributed by atoms with Gasteiger partial charge in [-0.3, -0.25) is 4.68 Å². The van der Waals surface area contributed by atoms with Crippen molar-refractivity contribution in [2.24, 2.45) is 0 Å². The van der Waals surface area contributed by atoms with Gasteiger partial charge in [-0.25, -0.2) is 9.78 Å². The van der Waals surface area contributed by atoms with E-state index in [2.05, 4.69) is 14.8 Å². The molecule has 0 radical (unpaired) electrons. The van der Waals surface area contributed by atoms with Gasteiger partial charge in [0.15, 0.2) is 11.3 Å². The van der Waals surface area contributed by atoms with Crippen LogP contribution in [0.2, 0.25) is 0 Å². The lowest BCUT2D eigenvalue weighted by atomic mass is 10.2. The molecule has 0 bridgehead atoms. The van der Waals surface area contributed by atoms with E-state index in [1.807, 2.05) is 13.8 Å². The van der Waals surface area contributed by atoms with Crippen molar-refractivity contribution in [1.29, 1.82) is 0 Å². The zero-order valence-electron chi connectivity index (χ0n) is 11.8. The molecule has 0 spiro atoms. The standard InChI is InChI=1S/C13H17N3O4/c1-5-6(2)16-10-9(7(3)15-16)14-12(18)8(11(10)17)13(19)20-4/h6H,5H2,1-4H3,(H2,14,17,18). The van der Waals surface area contributed by atoms with Gasteiger partial charge in [-0.1, -0.05) is 6.92 Å². The van der Waals surface area contributed by atoms with Gasteiger partial charge in [-0.05, 0) is 20.3 Å². The molecule has 0 aliphatic heterocycles. The van der Waals surface area contributed by atoms with Crippen LogP contribution in [-0.2, 0) is 4.74 Å². The molecule has 20 heavy (non-hydrogen) atoms. The number of carbonyl (C=O) groups excluding carboxylic acids is 1. The lowest BCUT2D eigenvalue weighted by Crippen LogP contribution is -2.08. The Morgan fingerprint density at radius 3 is 2.65 bits per heavy atom. The van der Waals surface area contributed by atoms with E-state index in [0.29, 0.717) is 16.7 Å². The number of ether oxygens (including phenoxy) is 1. The van der Waals surface area contributed by atoms with Crippen LogP contribution >= 0.6 is 0 Å². The molecule has 0 aromatic carbocycles. The van der Waals surface area contributed by atoms with Gasteiger partial charge < -0.3 is 14.9 Å². The second-order valence-electron chi connectivity index (χ2n) is 4.64. The van der Waals surface area contributed by atoms with Crippen molar-refractivity contribution in [1.82, 2.24) is 14.8 Å². The topological polar surface area (TPSA) is 97.5 Å². The number of esters is 1. The van der Waals surface area contributed by atoms with Crippen LogP contribution < -0.4 is 0 Å². The minimum atomic E-state index is -0.844. The quantitative estimate of drug-likeness (QED) is 0.833. The highest BCUT2D eigenvalue weighted by molar-refractivity contribution is 6.01. The van der Waals surface area contributed by atoms with Gasteiger partial charge in [0, 0.05) is 6.04 Å². The van der Waals surface area contributed by atoms with Crippen LogP contribution in [0.1, 0.15) is 42.4 Å². The average Bonchev–Trinajstić information content (AvgIpc) is 2.75. The predicted molar refractivity (Wildman–Crippen MR) is 71.9 cm³/mol. The summed E-state index contributed by atoms with van der Waals surface area (Å²) in [4.78, 5) is 15.6. The molecule has 2 heterocycles. The summed E-state index contributed by atoms with van der Waals surface area (Å²) in [6.45, 7) is 5.65. The average molecular weight is 279 g/mol. The van der Waals surface area contributed by atoms with E-state index in [4.69, 9.17) is 0 Å². The number of rotatable bonds is 3. The number of aromatic hydroxyl groups is 2. The lowest BCUT2D eigenvalue weighted by Gasteiger charge is -2.12. The van der Waals surface area contributed by atoms with E-state index in [0.717, 1.165) is 6.42 Å². The first-order valence-corrected chi connectivity index (χ1v) is 6.31. The molecule has 1 unspecified atom stereocenters. The number of pyridine rings is 1. The van der Waals surface area contributed by atoms with Crippen LogP contribution in [-0.4, -0.2) is 38.1 Å². The molecular formula is C13H17N3O4. The van der Waals surface area contributed by atoms with Crippen LogP contribution in [0.15, 0.2) is 0 Å². The van der Waals surface area contributed by atoms with Gasteiger partial charge in [0.1, 0.15) is 11.0 Å². The summed E-state index contributed by atoms with van der Waals surface area (Å²) >= 11 is 0. The highest BCUT2D eigenvalue weighted by Gasteiger charge is 2.26. The van der Waals surface area contributed by atoms with Gasteiger partial charge in [0.2, 0.25) is 5.88 Å². The fraction of sp³-hybridized carbons (Fsp3) is 0.462. The number of aromatic nitrogens is 3. The highest BCUT2D eigenvalue weighted by atomic mass is 16.5. The van der Waals surface area contributed by atoms with Gasteiger partial charge >= 0.3 is 5.97 Å². The Morgan fingerprint density at radius 2 is 2.10 bits per heavy atom. The van der Waals surface area contributed by atoms with Crippen LogP contribution in [0, 0.1) is 6.92 Å². The van der Waals surface area contributed by atoms with Crippen molar-refractivity contribution in [2.45, 2.75) is 33.2 Å². The molecule has 0 fully saturated rings. The predicted octanol–water partition coefficient (Wildman–Crippen LogP) is 1.91. The number of hydrogen-bond acceptors (Lipinski definition) is 6. The van der Waals surface area contributed by atoms with Crippen LogP contribution in [0.3, 0.4) is 0 Å². The largest absolute Gasteiger partial charge is 0.505 e. The van der Waals surface area contributed by atoms with Gasteiger partial charge in [0.25, 0.3) is 0 Å². The number of hydrogen-bond donors (Lipinski definition) is 2. The minimum Gasteiger partial charge on any atom is -0.505 e. The third-order valence-electron chi connectivity index (χ3n) is 3.35. The second kappa shape index (κ2) is 4.99. The molecule has 0 aliphatic rings.